The third-order valence-corrected chi connectivity index (χ3v) is 6.55. The summed E-state index contributed by atoms with van der Waals surface area (Å²) >= 11 is 1.77. The van der Waals surface area contributed by atoms with E-state index in [1.807, 2.05) is 24.3 Å². The third-order valence-electron chi connectivity index (χ3n) is 5.29. The van der Waals surface area contributed by atoms with Crippen LogP contribution in [0.3, 0.4) is 0 Å². The van der Waals surface area contributed by atoms with Crippen molar-refractivity contribution in [2.75, 3.05) is 26.9 Å². The maximum Gasteiger partial charge on any atom is 0.170 e. The first-order valence-corrected chi connectivity index (χ1v) is 12.4. The largest absolute Gasteiger partial charge is 0.494 e. The Hall–Kier alpha value is -3.10. The van der Waals surface area contributed by atoms with Gasteiger partial charge in [0.15, 0.2) is 5.84 Å². The molecule has 0 saturated heterocycles. The number of aryl methyl sites for hydroxylation is 1. The van der Waals surface area contributed by atoms with E-state index in [4.69, 9.17) is 30.1 Å². The van der Waals surface area contributed by atoms with E-state index in [9.17, 15) is 0 Å². The minimum Gasteiger partial charge on any atom is -0.494 e. The molecule has 0 bridgehead atoms. The van der Waals surface area contributed by atoms with E-state index < -0.39 is 0 Å². The number of ether oxygens (including phenoxy) is 3. The normalized spacial score (nSPS) is 11.5. The van der Waals surface area contributed by atoms with Gasteiger partial charge in [0.05, 0.1) is 30.5 Å². The van der Waals surface area contributed by atoms with Gasteiger partial charge in [-0.1, -0.05) is 12.1 Å². The minimum atomic E-state index is 0.0853. The van der Waals surface area contributed by atoms with Crippen molar-refractivity contribution in [2.24, 2.45) is 10.9 Å². The molecule has 3 N–H and O–H groups in total. The number of methoxy groups -OCH3 is 1. The van der Waals surface area contributed by atoms with Gasteiger partial charge in [-0.25, -0.2) is 4.98 Å². The van der Waals surface area contributed by atoms with Gasteiger partial charge in [0.25, 0.3) is 0 Å². The Morgan fingerprint density at radius 3 is 2.12 bits per heavy atom. The molecule has 2 aromatic carbocycles. The number of rotatable bonds is 14. The Morgan fingerprint density at radius 1 is 0.941 bits per heavy atom. The van der Waals surface area contributed by atoms with Crippen LogP contribution < -0.4 is 15.2 Å². The molecule has 1 heterocycles. The van der Waals surface area contributed by atoms with Crippen LogP contribution in [0.5, 0.6) is 11.5 Å². The molecule has 34 heavy (non-hydrogen) atoms. The van der Waals surface area contributed by atoms with Gasteiger partial charge in [0.1, 0.15) is 11.5 Å². The molecule has 3 rings (SSSR count). The maximum atomic E-state index is 8.69. The number of nitrogens with zero attached hydrogens (tertiary/aromatic N) is 2. The highest BCUT2D eigenvalue weighted by molar-refractivity contribution is 7.12. The molecule has 0 unspecified atom stereocenters. The molecule has 0 fully saturated rings. The molecular weight excluding hydrogens is 450 g/mol. The predicted octanol–water partition coefficient (Wildman–Crippen LogP) is 5.28. The van der Waals surface area contributed by atoms with E-state index >= 15 is 0 Å². The number of oxime groups is 1. The summed E-state index contributed by atoms with van der Waals surface area (Å²) in [5.41, 5.74) is 8.41. The standard InChI is InChI=1S/C26H33N3O4S/c1-3-23-25(28-24(34-23)15-18-31-2)19-7-11-21(12-8-19)32-16-5-4-6-17-33-22-13-9-20(10-14-22)26(27)29-30/h7-14,30H,3-6,15-18H2,1-2H3,(H2,27,29). The summed E-state index contributed by atoms with van der Waals surface area (Å²) in [6.07, 6.45) is 4.74. The average molecular weight is 484 g/mol. The summed E-state index contributed by atoms with van der Waals surface area (Å²) in [6.45, 7) is 4.17. The molecular formula is C26H33N3O4S. The van der Waals surface area contributed by atoms with Crippen molar-refractivity contribution in [3.8, 4) is 22.8 Å². The minimum absolute atomic E-state index is 0.0853. The van der Waals surface area contributed by atoms with Crippen molar-refractivity contribution < 1.29 is 19.4 Å². The molecule has 0 atom stereocenters. The van der Waals surface area contributed by atoms with E-state index in [-0.39, 0.29) is 5.84 Å². The topological polar surface area (TPSA) is 99.2 Å². The number of nitrogens with two attached hydrogens (primary N) is 1. The third kappa shape index (κ3) is 7.46. The van der Waals surface area contributed by atoms with Gasteiger partial charge in [-0.2, -0.15) is 0 Å². The molecule has 0 saturated carbocycles. The second-order valence-corrected chi connectivity index (χ2v) is 8.94. The van der Waals surface area contributed by atoms with Crippen molar-refractivity contribution in [3.05, 3.63) is 64.0 Å². The van der Waals surface area contributed by atoms with Gasteiger partial charge in [-0.15, -0.1) is 11.3 Å². The molecule has 8 heteroatoms. The molecule has 0 amide bonds. The molecule has 1 aromatic heterocycles. The lowest BCUT2D eigenvalue weighted by molar-refractivity contribution is 0.202. The fourth-order valence-electron chi connectivity index (χ4n) is 3.41. The lowest BCUT2D eigenvalue weighted by Gasteiger charge is -2.09. The van der Waals surface area contributed by atoms with Crippen LogP contribution in [0.4, 0.5) is 0 Å². The maximum absolute atomic E-state index is 8.69. The molecule has 7 nitrogen and oxygen atoms in total. The fraction of sp³-hybridized carbons (Fsp3) is 0.385. The van der Waals surface area contributed by atoms with Crippen LogP contribution in [0.25, 0.3) is 11.3 Å². The average Bonchev–Trinajstić information content (AvgIpc) is 3.30. The number of hydrogen-bond donors (Lipinski definition) is 2. The Kier molecular flexibility index (Phi) is 10.2. The molecule has 3 aromatic rings. The zero-order chi connectivity index (χ0) is 24.2. The van der Waals surface area contributed by atoms with Gasteiger partial charge in [0.2, 0.25) is 0 Å². The highest BCUT2D eigenvalue weighted by Crippen LogP contribution is 2.30. The van der Waals surface area contributed by atoms with Crippen molar-refractivity contribution >= 4 is 17.2 Å². The second-order valence-electron chi connectivity index (χ2n) is 7.77. The number of benzene rings is 2. The first-order valence-electron chi connectivity index (χ1n) is 11.6. The van der Waals surface area contributed by atoms with Gasteiger partial charge >= 0.3 is 0 Å². The zero-order valence-corrected chi connectivity index (χ0v) is 20.6. The summed E-state index contributed by atoms with van der Waals surface area (Å²) in [4.78, 5) is 6.13. The van der Waals surface area contributed by atoms with Gasteiger partial charge in [0, 0.05) is 29.5 Å². The highest BCUT2D eigenvalue weighted by Gasteiger charge is 2.12. The van der Waals surface area contributed by atoms with E-state index in [0.29, 0.717) is 25.4 Å². The number of aromatic nitrogens is 1. The van der Waals surface area contributed by atoms with E-state index in [2.05, 4.69) is 24.2 Å². The summed E-state index contributed by atoms with van der Waals surface area (Å²) in [5.74, 6) is 1.73. The summed E-state index contributed by atoms with van der Waals surface area (Å²) in [6, 6.07) is 15.4. The first kappa shape index (κ1) is 25.5. The number of unbranched alkanes of at least 4 members (excludes halogenated alkanes) is 2. The van der Waals surface area contributed by atoms with Crippen molar-refractivity contribution in [1.82, 2.24) is 4.98 Å². The lowest BCUT2D eigenvalue weighted by atomic mass is 10.1. The van der Waals surface area contributed by atoms with Crippen LogP contribution in [0, 0.1) is 0 Å². The van der Waals surface area contributed by atoms with E-state index in [1.54, 1.807) is 30.6 Å². The first-order chi connectivity index (χ1) is 16.6. The van der Waals surface area contributed by atoms with Crippen LogP contribution in [-0.2, 0) is 17.6 Å². The fourth-order valence-corrected chi connectivity index (χ4v) is 4.42. The Morgan fingerprint density at radius 2 is 1.56 bits per heavy atom. The number of thiazole rings is 1. The molecule has 0 aliphatic rings. The predicted molar refractivity (Wildman–Crippen MR) is 136 cm³/mol. The van der Waals surface area contributed by atoms with Crippen LogP contribution in [0.2, 0.25) is 0 Å². The van der Waals surface area contributed by atoms with Crippen LogP contribution in [-0.4, -0.2) is 43.0 Å². The van der Waals surface area contributed by atoms with Crippen molar-refractivity contribution in [1.29, 1.82) is 0 Å². The second kappa shape index (κ2) is 13.6. The summed E-state index contributed by atoms with van der Waals surface area (Å²) in [5, 5.41) is 12.8. The Balaban J connectivity index is 1.36. The summed E-state index contributed by atoms with van der Waals surface area (Å²) < 4.78 is 16.8. The quantitative estimate of drug-likeness (QED) is 0.106. The molecule has 0 aliphatic heterocycles. The van der Waals surface area contributed by atoms with E-state index in [0.717, 1.165) is 59.9 Å². The Bertz CT molecular complexity index is 1030. The van der Waals surface area contributed by atoms with Crippen LogP contribution in [0.1, 0.15) is 41.6 Å². The SMILES string of the molecule is CCc1sc(CCOC)nc1-c1ccc(OCCCCCOc2ccc(/C(N)=N/O)cc2)cc1. The Labute approximate surface area is 205 Å². The van der Waals surface area contributed by atoms with Crippen LogP contribution >= 0.6 is 11.3 Å². The molecule has 0 aliphatic carbocycles. The summed E-state index contributed by atoms with van der Waals surface area (Å²) in [7, 11) is 1.72. The lowest BCUT2D eigenvalue weighted by Crippen LogP contribution is -2.12. The molecule has 0 spiro atoms. The number of hydrogen-bond acceptors (Lipinski definition) is 7. The molecule has 0 radical (unpaired) electrons. The van der Waals surface area contributed by atoms with Crippen molar-refractivity contribution in [3.63, 3.8) is 0 Å². The number of amidine groups is 1. The van der Waals surface area contributed by atoms with Gasteiger partial charge in [-0.05, 0) is 74.2 Å². The monoisotopic (exact) mass is 483 g/mol. The van der Waals surface area contributed by atoms with Gasteiger partial charge < -0.3 is 25.2 Å². The highest BCUT2D eigenvalue weighted by atomic mass is 32.1. The van der Waals surface area contributed by atoms with E-state index in [1.165, 1.54) is 4.88 Å². The van der Waals surface area contributed by atoms with Crippen LogP contribution in [0.15, 0.2) is 53.7 Å². The zero-order valence-electron chi connectivity index (χ0n) is 19.8. The smallest absolute Gasteiger partial charge is 0.170 e. The van der Waals surface area contributed by atoms with Gasteiger partial charge in [-0.3, -0.25) is 0 Å². The molecule has 182 valence electrons. The van der Waals surface area contributed by atoms with Crippen molar-refractivity contribution in [2.45, 2.75) is 39.0 Å².